The molecule has 1 atom stereocenters. The zero-order chi connectivity index (χ0) is 15.8. The maximum atomic E-state index is 6.44. The predicted octanol–water partition coefficient (Wildman–Crippen LogP) is 6.81. The summed E-state index contributed by atoms with van der Waals surface area (Å²) in [6, 6.07) is 0. The lowest BCUT2D eigenvalue weighted by molar-refractivity contribution is -0.0390. The first-order valence-corrected chi connectivity index (χ1v) is 10.0. The minimum absolute atomic E-state index is 0.00960. The zero-order valence-corrected chi connectivity index (χ0v) is 15.3. The molecule has 0 N–H and O–H groups in total. The lowest BCUT2D eigenvalue weighted by atomic mass is 9.83. The van der Waals surface area contributed by atoms with Crippen LogP contribution in [-0.4, -0.2) is 11.7 Å². The summed E-state index contributed by atoms with van der Waals surface area (Å²) in [7, 11) is 0. The third-order valence-electron chi connectivity index (χ3n) is 5.76. The van der Waals surface area contributed by atoms with Gasteiger partial charge in [0.25, 0.3) is 0 Å². The summed E-state index contributed by atoms with van der Waals surface area (Å²) < 4.78 is 6.44. The number of unbranched alkanes of at least 4 members (excludes halogenated alkanes) is 6. The average Bonchev–Trinajstić information content (AvgIpc) is 2.82. The molecule has 0 radical (unpaired) electrons. The fraction of sp³-hybridized carbons (Fsp3) is 0.905. The van der Waals surface area contributed by atoms with Crippen molar-refractivity contribution in [3.8, 4) is 0 Å². The molecule has 1 saturated carbocycles. The summed E-state index contributed by atoms with van der Waals surface area (Å²) in [5.74, 6) is 0.827. The van der Waals surface area contributed by atoms with Gasteiger partial charge in [-0.3, -0.25) is 0 Å². The van der Waals surface area contributed by atoms with E-state index in [-0.39, 0.29) is 5.60 Å². The highest BCUT2D eigenvalue weighted by molar-refractivity contribution is 5.20. The van der Waals surface area contributed by atoms with Crippen LogP contribution in [0.3, 0.4) is 0 Å². The van der Waals surface area contributed by atoms with E-state index in [1.54, 1.807) is 5.57 Å². The van der Waals surface area contributed by atoms with E-state index in [4.69, 9.17) is 4.74 Å². The summed E-state index contributed by atoms with van der Waals surface area (Å²) in [4.78, 5) is 0. The SMILES string of the molecule is CCCCCCCC/C=C1\CC(C2CCCCC2)OC1(C)C. The van der Waals surface area contributed by atoms with Crippen LogP contribution in [0.2, 0.25) is 0 Å². The van der Waals surface area contributed by atoms with Crippen molar-refractivity contribution in [2.45, 2.75) is 116 Å². The summed E-state index contributed by atoms with van der Waals surface area (Å²) in [5, 5.41) is 0. The van der Waals surface area contributed by atoms with Crippen LogP contribution in [0.1, 0.15) is 104 Å². The minimum Gasteiger partial charge on any atom is -0.367 e. The molecule has 1 aliphatic heterocycles. The number of allylic oxidation sites excluding steroid dienone is 1. The van der Waals surface area contributed by atoms with Gasteiger partial charge in [-0.1, -0.05) is 64.4 Å². The van der Waals surface area contributed by atoms with Gasteiger partial charge < -0.3 is 4.74 Å². The van der Waals surface area contributed by atoms with Crippen molar-refractivity contribution >= 4 is 0 Å². The van der Waals surface area contributed by atoms with Gasteiger partial charge in [-0.15, -0.1) is 0 Å². The Labute approximate surface area is 138 Å². The first-order valence-electron chi connectivity index (χ1n) is 10.0. The maximum Gasteiger partial charge on any atom is 0.0840 e. The fourth-order valence-electron chi connectivity index (χ4n) is 4.26. The Morgan fingerprint density at radius 3 is 2.41 bits per heavy atom. The molecule has 128 valence electrons. The van der Waals surface area contributed by atoms with Gasteiger partial charge in [0.15, 0.2) is 0 Å². The molecule has 0 bridgehead atoms. The third-order valence-corrected chi connectivity index (χ3v) is 5.76. The van der Waals surface area contributed by atoms with Gasteiger partial charge in [0.2, 0.25) is 0 Å². The van der Waals surface area contributed by atoms with Crippen molar-refractivity contribution in [1.29, 1.82) is 0 Å². The van der Waals surface area contributed by atoms with Gasteiger partial charge in [0.1, 0.15) is 0 Å². The highest BCUT2D eigenvalue weighted by Crippen LogP contribution is 2.42. The Kier molecular flexibility index (Phi) is 7.47. The van der Waals surface area contributed by atoms with E-state index < -0.39 is 0 Å². The molecule has 1 aliphatic carbocycles. The van der Waals surface area contributed by atoms with E-state index in [0.29, 0.717) is 6.10 Å². The van der Waals surface area contributed by atoms with Crippen molar-refractivity contribution in [3.05, 3.63) is 11.6 Å². The lowest BCUT2D eigenvalue weighted by Gasteiger charge is -2.28. The van der Waals surface area contributed by atoms with Crippen molar-refractivity contribution < 1.29 is 4.74 Å². The molecule has 0 amide bonds. The summed E-state index contributed by atoms with van der Waals surface area (Å²) in [6.45, 7) is 6.85. The van der Waals surface area contributed by atoms with Crippen LogP contribution in [0, 0.1) is 5.92 Å². The zero-order valence-electron chi connectivity index (χ0n) is 15.3. The van der Waals surface area contributed by atoms with Gasteiger partial charge in [-0.25, -0.2) is 0 Å². The monoisotopic (exact) mass is 306 g/mol. The van der Waals surface area contributed by atoms with Gasteiger partial charge in [-0.2, -0.15) is 0 Å². The average molecular weight is 307 g/mol. The van der Waals surface area contributed by atoms with Gasteiger partial charge >= 0.3 is 0 Å². The first kappa shape index (κ1) is 18.0. The minimum atomic E-state index is -0.00960. The third kappa shape index (κ3) is 5.41. The second-order valence-corrected chi connectivity index (χ2v) is 8.05. The van der Waals surface area contributed by atoms with Crippen LogP contribution < -0.4 is 0 Å². The van der Waals surface area contributed by atoms with Gasteiger partial charge in [-0.05, 0) is 57.4 Å². The van der Waals surface area contributed by atoms with E-state index in [0.717, 1.165) is 5.92 Å². The molecule has 22 heavy (non-hydrogen) atoms. The number of ether oxygens (including phenoxy) is 1. The largest absolute Gasteiger partial charge is 0.367 e. The molecule has 0 aromatic heterocycles. The summed E-state index contributed by atoms with van der Waals surface area (Å²) in [6.07, 6.45) is 20.9. The smallest absolute Gasteiger partial charge is 0.0840 e. The maximum absolute atomic E-state index is 6.44. The number of rotatable bonds is 8. The van der Waals surface area contributed by atoms with Crippen LogP contribution in [0.15, 0.2) is 11.6 Å². The first-order chi connectivity index (χ1) is 10.6. The molecule has 0 aromatic carbocycles. The van der Waals surface area contributed by atoms with Crippen molar-refractivity contribution in [2.24, 2.45) is 5.92 Å². The van der Waals surface area contributed by atoms with Crippen LogP contribution >= 0.6 is 0 Å². The molecule has 2 aliphatic rings. The number of hydrogen-bond donors (Lipinski definition) is 0. The Morgan fingerprint density at radius 1 is 1.00 bits per heavy atom. The Hall–Kier alpha value is -0.300. The molecule has 1 heterocycles. The van der Waals surface area contributed by atoms with Crippen LogP contribution in [0.4, 0.5) is 0 Å². The molecular weight excluding hydrogens is 268 g/mol. The Balaban J connectivity index is 1.73. The molecule has 2 rings (SSSR count). The van der Waals surface area contributed by atoms with E-state index in [1.165, 1.54) is 83.5 Å². The van der Waals surface area contributed by atoms with E-state index in [9.17, 15) is 0 Å². The quantitative estimate of drug-likeness (QED) is 0.353. The normalized spacial score (nSPS) is 27.6. The summed E-state index contributed by atoms with van der Waals surface area (Å²) in [5.41, 5.74) is 1.57. The molecule has 0 aromatic rings. The van der Waals surface area contributed by atoms with Crippen LogP contribution in [-0.2, 0) is 4.74 Å². The molecular formula is C21H38O. The standard InChI is InChI=1S/C21H38O/c1-4-5-6-7-8-9-13-16-19-17-20(22-21(19,2)3)18-14-11-10-12-15-18/h16,18,20H,4-15,17H2,1-3H3/b19-16+. The molecule has 1 saturated heterocycles. The second kappa shape index (κ2) is 9.11. The van der Waals surface area contributed by atoms with Crippen LogP contribution in [0.5, 0.6) is 0 Å². The highest BCUT2D eigenvalue weighted by Gasteiger charge is 2.40. The van der Waals surface area contributed by atoms with Crippen molar-refractivity contribution in [2.75, 3.05) is 0 Å². The molecule has 2 fully saturated rings. The van der Waals surface area contributed by atoms with Crippen molar-refractivity contribution in [3.63, 3.8) is 0 Å². The van der Waals surface area contributed by atoms with E-state index >= 15 is 0 Å². The lowest BCUT2D eigenvalue weighted by Crippen LogP contribution is -2.27. The molecule has 1 heteroatoms. The van der Waals surface area contributed by atoms with E-state index in [2.05, 4.69) is 26.8 Å². The molecule has 1 nitrogen and oxygen atoms in total. The van der Waals surface area contributed by atoms with Crippen LogP contribution in [0.25, 0.3) is 0 Å². The van der Waals surface area contributed by atoms with E-state index in [1.807, 2.05) is 0 Å². The highest BCUT2D eigenvalue weighted by atomic mass is 16.5. The van der Waals surface area contributed by atoms with Crippen molar-refractivity contribution in [1.82, 2.24) is 0 Å². The topological polar surface area (TPSA) is 9.23 Å². The molecule has 0 spiro atoms. The van der Waals surface area contributed by atoms with Gasteiger partial charge in [0, 0.05) is 0 Å². The second-order valence-electron chi connectivity index (χ2n) is 8.05. The Morgan fingerprint density at radius 2 is 1.68 bits per heavy atom. The Bertz CT molecular complexity index is 336. The number of hydrogen-bond acceptors (Lipinski definition) is 1. The molecule has 1 unspecified atom stereocenters. The van der Waals surface area contributed by atoms with Gasteiger partial charge in [0.05, 0.1) is 11.7 Å². The predicted molar refractivity (Wildman–Crippen MR) is 96.2 cm³/mol. The summed E-state index contributed by atoms with van der Waals surface area (Å²) >= 11 is 0. The fourth-order valence-corrected chi connectivity index (χ4v) is 4.26.